The Kier molecular flexibility index (Phi) is 4.31. The molecule has 2 aromatic heterocycles. The van der Waals surface area contributed by atoms with Crippen LogP contribution in [-0.2, 0) is 4.74 Å². The molecule has 0 aromatic carbocycles. The highest BCUT2D eigenvalue weighted by atomic mass is 16.6. The second-order valence-electron chi connectivity index (χ2n) is 6.07. The van der Waals surface area contributed by atoms with Gasteiger partial charge < -0.3 is 15.0 Å². The van der Waals surface area contributed by atoms with Crippen LogP contribution in [0.15, 0.2) is 12.1 Å². The molecule has 3 heterocycles. The van der Waals surface area contributed by atoms with Gasteiger partial charge >= 0.3 is 6.09 Å². The Morgan fingerprint density at radius 3 is 2.74 bits per heavy atom. The fourth-order valence-electron chi connectivity index (χ4n) is 2.66. The van der Waals surface area contributed by atoms with E-state index in [9.17, 15) is 4.79 Å². The lowest BCUT2D eigenvalue weighted by molar-refractivity contribution is 0.0701. The van der Waals surface area contributed by atoms with Gasteiger partial charge in [-0.25, -0.2) is 4.79 Å². The van der Waals surface area contributed by atoms with Gasteiger partial charge in [-0.3, -0.25) is 0 Å². The van der Waals surface area contributed by atoms with Gasteiger partial charge in [0.15, 0.2) is 11.5 Å². The molecule has 0 radical (unpaired) electrons. The van der Waals surface area contributed by atoms with Gasteiger partial charge in [0.25, 0.3) is 0 Å². The molecule has 0 saturated carbocycles. The lowest BCUT2D eigenvalue weighted by Crippen LogP contribution is -2.43. The molecule has 124 valence electrons. The highest BCUT2D eigenvalue weighted by Gasteiger charge is 2.24. The Bertz CT molecular complexity index is 690. The fraction of sp³-hybridized carbons (Fsp3) is 0.600. The molecule has 0 bridgehead atoms. The zero-order chi connectivity index (χ0) is 16.4. The third-order valence-electron chi connectivity index (χ3n) is 3.86. The van der Waals surface area contributed by atoms with E-state index in [1.807, 2.05) is 32.9 Å². The van der Waals surface area contributed by atoms with Gasteiger partial charge in [-0.2, -0.15) is 4.52 Å². The smallest absolute Gasteiger partial charge is 0.410 e. The third kappa shape index (κ3) is 3.52. The molecule has 0 spiro atoms. The van der Waals surface area contributed by atoms with Crippen molar-refractivity contribution in [3.63, 3.8) is 0 Å². The molecule has 1 aliphatic rings. The highest BCUT2D eigenvalue weighted by Crippen LogP contribution is 2.16. The van der Waals surface area contributed by atoms with Gasteiger partial charge in [0.1, 0.15) is 5.82 Å². The van der Waals surface area contributed by atoms with Crippen LogP contribution < -0.4 is 5.32 Å². The van der Waals surface area contributed by atoms with E-state index in [1.54, 1.807) is 9.42 Å². The van der Waals surface area contributed by atoms with Gasteiger partial charge in [0.2, 0.25) is 0 Å². The zero-order valence-corrected chi connectivity index (χ0v) is 13.7. The van der Waals surface area contributed by atoms with Gasteiger partial charge in [-0.15, -0.1) is 15.3 Å². The number of ether oxygens (including phenoxy) is 1. The molecule has 0 aliphatic carbocycles. The molecule has 1 fully saturated rings. The number of hydrogen-bond acceptors (Lipinski definition) is 6. The van der Waals surface area contributed by atoms with E-state index < -0.39 is 0 Å². The van der Waals surface area contributed by atoms with E-state index in [2.05, 4.69) is 20.6 Å². The number of anilines is 1. The van der Waals surface area contributed by atoms with Crippen LogP contribution in [0.25, 0.3) is 5.65 Å². The van der Waals surface area contributed by atoms with Crippen molar-refractivity contribution in [3.05, 3.63) is 18.0 Å². The standard InChI is InChI=1S/C15H22N6O2/c1-10(2)23-15(22)20-8-6-12(7-9-20)16-13-4-5-14-18-17-11(3)21(14)19-13/h4-5,10,12H,6-9H2,1-3H3,(H,16,19). The van der Waals surface area contributed by atoms with E-state index in [0.717, 1.165) is 30.1 Å². The molecule has 8 heteroatoms. The van der Waals surface area contributed by atoms with Crippen molar-refractivity contribution in [2.45, 2.75) is 45.8 Å². The molecule has 23 heavy (non-hydrogen) atoms. The Morgan fingerprint density at radius 1 is 1.30 bits per heavy atom. The topological polar surface area (TPSA) is 84.7 Å². The molecule has 1 aliphatic heterocycles. The molecular weight excluding hydrogens is 296 g/mol. The minimum absolute atomic E-state index is 0.0821. The third-order valence-corrected chi connectivity index (χ3v) is 3.86. The number of hydrogen-bond donors (Lipinski definition) is 1. The van der Waals surface area contributed by atoms with E-state index >= 15 is 0 Å². The molecule has 1 saturated heterocycles. The maximum atomic E-state index is 11.9. The summed E-state index contributed by atoms with van der Waals surface area (Å²) >= 11 is 0. The largest absolute Gasteiger partial charge is 0.447 e. The number of piperidine rings is 1. The number of likely N-dealkylation sites (tertiary alicyclic amines) is 1. The van der Waals surface area contributed by atoms with Crippen LogP contribution in [-0.4, -0.2) is 56.0 Å². The summed E-state index contributed by atoms with van der Waals surface area (Å²) in [6.07, 6.45) is 1.43. The molecule has 3 rings (SSSR count). The fourth-order valence-corrected chi connectivity index (χ4v) is 2.66. The van der Waals surface area contributed by atoms with Crippen LogP contribution in [0, 0.1) is 6.92 Å². The molecule has 0 unspecified atom stereocenters. The van der Waals surface area contributed by atoms with E-state index in [0.29, 0.717) is 19.1 Å². The number of nitrogens with one attached hydrogen (secondary N) is 1. The number of nitrogens with zero attached hydrogens (tertiary/aromatic N) is 5. The Labute approximate surface area is 134 Å². The number of carbonyl (C=O) groups is 1. The maximum Gasteiger partial charge on any atom is 0.410 e. The first-order valence-corrected chi connectivity index (χ1v) is 7.94. The number of rotatable bonds is 3. The predicted molar refractivity (Wildman–Crippen MR) is 85.4 cm³/mol. The molecular formula is C15H22N6O2. The van der Waals surface area contributed by atoms with Crippen molar-refractivity contribution in [2.24, 2.45) is 0 Å². The lowest BCUT2D eigenvalue weighted by Gasteiger charge is -2.32. The zero-order valence-electron chi connectivity index (χ0n) is 13.7. The van der Waals surface area contributed by atoms with Crippen molar-refractivity contribution in [1.29, 1.82) is 0 Å². The summed E-state index contributed by atoms with van der Waals surface area (Å²) < 4.78 is 6.95. The summed E-state index contributed by atoms with van der Waals surface area (Å²) in [5.74, 6) is 1.55. The molecule has 8 nitrogen and oxygen atoms in total. The van der Waals surface area contributed by atoms with Gasteiger partial charge in [0.05, 0.1) is 6.10 Å². The van der Waals surface area contributed by atoms with Crippen LogP contribution >= 0.6 is 0 Å². The average Bonchev–Trinajstić information content (AvgIpc) is 2.88. The SMILES string of the molecule is Cc1nnc2ccc(NC3CCN(C(=O)OC(C)C)CC3)nn12. The minimum Gasteiger partial charge on any atom is -0.447 e. The summed E-state index contributed by atoms with van der Waals surface area (Å²) in [7, 11) is 0. The summed E-state index contributed by atoms with van der Waals surface area (Å²) in [5.41, 5.74) is 0.735. The number of aromatic nitrogens is 4. The summed E-state index contributed by atoms with van der Waals surface area (Å²) in [6.45, 7) is 6.98. The predicted octanol–water partition coefficient (Wildman–Crippen LogP) is 1.85. The van der Waals surface area contributed by atoms with Crippen LogP contribution in [0.2, 0.25) is 0 Å². The van der Waals surface area contributed by atoms with Crippen LogP contribution in [0.5, 0.6) is 0 Å². The second kappa shape index (κ2) is 6.39. The number of carbonyl (C=O) groups excluding carboxylic acids is 1. The van der Waals surface area contributed by atoms with Crippen molar-refractivity contribution < 1.29 is 9.53 Å². The summed E-state index contributed by atoms with van der Waals surface area (Å²) in [6, 6.07) is 4.09. The number of aryl methyl sites for hydroxylation is 1. The Morgan fingerprint density at radius 2 is 2.04 bits per heavy atom. The monoisotopic (exact) mass is 318 g/mol. The van der Waals surface area contributed by atoms with Crippen LogP contribution in [0.4, 0.5) is 10.6 Å². The Hall–Kier alpha value is -2.38. The van der Waals surface area contributed by atoms with Crippen molar-refractivity contribution in [3.8, 4) is 0 Å². The van der Waals surface area contributed by atoms with Crippen molar-refractivity contribution >= 4 is 17.6 Å². The van der Waals surface area contributed by atoms with E-state index in [4.69, 9.17) is 4.74 Å². The summed E-state index contributed by atoms with van der Waals surface area (Å²) in [4.78, 5) is 13.6. The van der Waals surface area contributed by atoms with Gasteiger partial charge in [-0.05, 0) is 45.7 Å². The van der Waals surface area contributed by atoms with E-state index in [1.165, 1.54) is 0 Å². The highest BCUT2D eigenvalue weighted by molar-refractivity contribution is 5.67. The normalized spacial score (nSPS) is 16.1. The first-order chi connectivity index (χ1) is 11.0. The first-order valence-electron chi connectivity index (χ1n) is 7.94. The van der Waals surface area contributed by atoms with Gasteiger partial charge in [0, 0.05) is 19.1 Å². The molecule has 0 atom stereocenters. The second-order valence-corrected chi connectivity index (χ2v) is 6.07. The quantitative estimate of drug-likeness (QED) is 0.930. The molecule has 1 amide bonds. The lowest BCUT2D eigenvalue weighted by atomic mass is 10.1. The van der Waals surface area contributed by atoms with Crippen molar-refractivity contribution in [1.82, 2.24) is 24.7 Å². The van der Waals surface area contributed by atoms with Gasteiger partial charge in [-0.1, -0.05) is 0 Å². The average molecular weight is 318 g/mol. The maximum absolute atomic E-state index is 11.9. The minimum atomic E-state index is -0.224. The van der Waals surface area contributed by atoms with E-state index in [-0.39, 0.29) is 12.2 Å². The van der Waals surface area contributed by atoms with Crippen molar-refractivity contribution in [2.75, 3.05) is 18.4 Å². The molecule has 1 N–H and O–H groups in total. The van der Waals surface area contributed by atoms with Crippen LogP contribution in [0.1, 0.15) is 32.5 Å². The number of amides is 1. The Balaban J connectivity index is 1.57. The summed E-state index contributed by atoms with van der Waals surface area (Å²) in [5, 5.41) is 15.9. The number of fused-ring (bicyclic) bond motifs is 1. The molecule has 2 aromatic rings. The first kappa shape index (κ1) is 15.5. The van der Waals surface area contributed by atoms with Crippen LogP contribution in [0.3, 0.4) is 0 Å².